The second-order valence-electron chi connectivity index (χ2n) is 3.21. The zero-order valence-corrected chi connectivity index (χ0v) is 9.42. The maximum atomic E-state index is 13.3. The molecule has 0 spiro atoms. The molecule has 0 amide bonds. The van der Waals surface area contributed by atoms with Crippen LogP contribution in [0.25, 0.3) is 0 Å². The first-order chi connectivity index (χ1) is 8.19. The number of hydrogen-bond acceptors (Lipinski definition) is 4. The molecule has 0 aliphatic carbocycles. The second-order valence-corrected chi connectivity index (χ2v) is 4.22. The first kappa shape index (κ1) is 11.9. The summed E-state index contributed by atoms with van der Waals surface area (Å²) in [4.78, 5) is 7.96. The van der Waals surface area contributed by atoms with Crippen LogP contribution in [-0.2, 0) is 6.61 Å². The van der Waals surface area contributed by atoms with E-state index in [-0.39, 0.29) is 11.5 Å². The van der Waals surface area contributed by atoms with Crippen LogP contribution in [-0.4, -0.2) is 15.1 Å². The summed E-state index contributed by atoms with van der Waals surface area (Å²) < 4.78 is 26.2. The smallest absolute Gasteiger partial charge is 0.192 e. The first-order valence-electron chi connectivity index (χ1n) is 4.73. The summed E-state index contributed by atoms with van der Waals surface area (Å²) in [6.07, 6.45) is 2.87. The van der Waals surface area contributed by atoms with Gasteiger partial charge in [-0.3, -0.25) is 0 Å². The van der Waals surface area contributed by atoms with Gasteiger partial charge in [0.1, 0.15) is 11.6 Å². The molecule has 0 fully saturated rings. The van der Waals surface area contributed by atoms with Crippen LogP contribution < -0.4 is 0 Å². The van der Waals surface area contributed by atoms with Gasteiger partial charge in [0.15, 0.2) is 5.16 Å². The van der Waals surface area contributed by atoms with Crippen LogP contribution in [0.3, 0.4) is 0 Å². The summed E-state index contributed by atoms with van der Waals surface area (Å²) in [5.74, 6) is -1.04. The van der Waals surface area contributed by atoms with E-state index < -0.39 is 11.6 Å². The van der Waals surface area contributed by atoms with Gasteiger partial charge in [-0.25, -0.2) is 18.7 Å². The molecule has 1 heterocycles. The molecule has 6 heteroatoms. The van der Waals surface area contributed by atoms with Crippen molar-refractivity contribution in [2.45, 2.75) is 16.7 Å². The summed E-state index contributed by atoms with van der Waals surface area (Å²) in [6, 6.07) is 3.19. The van der Waals surface area contributed by atoms with E-state index in [1.165, 1.54) is 12.4 Å². The molecular weight excluding hydrogens is 246 g/mol. The Morgan fingerprint density at radius 2 is 1.88 bits per heavy atom. The topological polar surface area (TPSA) is 46.0 Å². The number of rotatable bonds is 3. The minimum absolute atomic E-state index is 0.127. The summed E-state index contributed by atoms with van der Waals surface area (Å²) in [5.41, 5.74) is 0.564. The van der Waals surface area contributed by atoms with Crippen LogP contribution in [0.15, 0.2) is 40.6 Å². The van der Waals surface area contributed by atoms with Crippen molar-refractivity contribution in [3.05, 3.63) is 47.8 Å². The van der Waals surface area contributed by atoms with Crippen molar-refractivity contribution >= 4 is 11.8 Å². The van der Waals surface area contributed by atoms with E-state index in [1.54, 1.807) is 0 Å². The molecule has 1 aromatic heterocycles. The van der Waals surface area contributed by atoms with Gasteiger partial charge in [-0.1, -0.05) is 0 Å². The standard InChI is InChI=1S/C11H8F2N2OS/c12-8-1-2-9(13)10(3-8)17-11-14-4-7(6-16)5-15-11/h1-5,16H,6H2. The molecule has 1 N–H and O–H groups in total. The number of aliphatic hydroxyl groups is 1. The van der Waals surface area contributed by atoms with Crippen LogP contribution in [0.2, 0.25) is 0 Å². The van der Waals surface area contributed by atoms with Crippen molar-refractivity contribution in [3.63, 3.8) is 0 Å². The Morgan fingerprint density at radius 1 is 1.18 bits per heavy atom. The summed E-state index contributed by atoms with van der Waals surface area (Å²) in [6.45, 7) is -0.153. The molecule has 0 radical (unpaired) electrons. The molecule has 2 aromatic rings. The van der Waals surface area contributed by atoms with Gasteiger partial charge in [0.2, 0.25) is 0 Å². The van der Waals surface area contributed by atoms with E-state index in [0.29, 0.717) is 10.7 Å². The Hall–Kier alpha value is -1.53. The summed E-state index contributed by atoms with van der Waals surface area (Å²) in [5, 5.41) is 9.10. The highest BCUT2D eigenvalue weighted by molar-refractivity contribution is 7.99. The molecule has 3 nitrogen and oxygen atoms in total. The van der Waals surface area contributed by atoms with E-state index in [1.807, 2.05) is 0 Å². The minimum atomic E-state index is -0.522. The van der Waals surface area contributed by atoms with Crippen molar-refractivity contribution < 1.29 is 13.9 Å². The second kappa shape index (κ2) is 5.20. The largest absolute Gasteiger partial charge is 0.392 e. The van der Waals surface area contributed by atoms with Crippen molar-refractivity contribution in [2.75, 3.05) is 0 Å². The zero-order valence-electron chi connectivity index (χ0n) is 8.60. The molecule has 0 bridgehead atoms. The van der Waals surface area contributed by atoms with Gasteiger partial charge in [0.25, 0.3) is 0 Å². The molecule has 0 aliphatic rings. The number of halogens is 2. The van der Waals surface area contributed by atoms with Gasteiger partial charge in [0.05, 0.1) is 11.5 Å². The van der Waals surface area contributed by atoms with Gasteiger partial charge in [-0.05, 0) is 30.0 Å². The van der Waals surface area contributed by atoms with E-state index >= 15 is 0 Å². The van der Waals surface area contributed by atoms with E-state index in [4.69, 9.17) is 5.11 Å². The molecule has 17 heavy (non-hydrogen) atoms. The fraction of sp³-hybridized carbons (Fsp3) is 0.0909. The molecular formula is C11H8F2N2OS. The lowest BCUT2D eigenvalue weighted by Crippen LogP contribution is -1.91. The van der Waals surface area contributed by atoms with Crippen LogP contribution in [0.4, 0.5) is 8.78 Å². The third-order valence-corrected chi connectivity index (χ3v) is 2.88. The lowest BCUT2D eigenvalue weighted by Gasteiger charge is -2.02. The van der Waals surface area contributed by atoms with E-state index in [9.17, 15) is 8.78 Å². The molecule has 0 unspecified atom stereocenters. The fourth-order valence-corrected chi connectivity index (χ4v) is 1.88. The SMILES string of the molecule is OCc1cnc(Sc2cc(F)ccc2F)nc1. The van der Waals surface area contributed by atoms with Gasteiger partial charge in [-0.15, -0.1) is 0 Å². The zero-order chi connectivity index (χ0) is 12.3. The average molecular weight is 254 g/mol. The average Bonchev–Trinajstić information content (AvgIpc) is 2.35. The first-order valence-corrected chi connectivity index (χ1v) is 5.55. The Kier molecular flexibility index (Phi) is 3.65. The summed E-state index contributed by atoms with van der Waals surface area (Å²) in [7, 11) is 0. The number of benzene rings is 1. The number of aliphatic hydroxyl groups excluding tert-OH is 1. The predicted molar refractivity (Wildman–Crippen MR) is 58.4 cm³/mol. The molecule has 2 rings (SSSR count). The van der Waals surface area contributed by atoms with Gasteiger partial charge >= 0.3 is 0 Å². The monoisotopic (exact) mass is 254 g/mol. The molecule has 0 atom stereocenters. The molecule has 88 valence electrons. The third-order valence-electron chi connectivity index (χ3n) is 1.96. The van der Waals surface area contributed by atoms with Crippen LogP contribution >= 0.6 is 11.8 Å². The molecule has 0 saturated heterocycles. The number of aromatic nitrogens is 2. The van der Waals surface area contributed by atoms with Crippen molar-refractivity contribution in [1.82, 2.24) is 9.97 Å². The highest BCUT2D eigenvalue weighted by atomic mass is 32.2. The van der Waals surface area contributed by atoms with E-state index in [0.717, 1.165) is 30.0 Å². The fourth-order valence-electron chi connectivity index (χ4n) is 1.13. The quantitative estimate of drug-likeness (QED) is 0.854. The predicted octanol–water partition coefficient (Wildman–Crippen LogP) is 2.40. The van der Waals surface area contributed by atoms with Crippen molar-refractivity contribution in [1.29, 1.82) is 0 Å². The molecule has 0 saturated carbocycles. The molecule has 0 aliphatic heterocycles. The minimum Gasteiger partial charge on any atom is -0.392 e. The third kappa shape index (κ3) is 2.98. The Balaban J connectivity index is 2.22. The van der Waals surface area contributed by atoms with Gasteiger partial charge < -0.3 is 5.11 Å². The maximum Gasteiger partial charge on any atom is 0.192 e. The number of hydrogen-bond donors (Lipinski definition) is 1. The van der Waals surface area contributed by atoms with Crippen LogP contribution in [0.1, 0.15) is 5.56 Å². The Labute approximate surface area is 101 Å². The van der Waals surface area contributed by atoms with Gasteiger partial charge in [-0.2, -0.15) is 0 Å². The molecule has 1 aromatic carbocycles. The van der Waals surface area contributed by atoms with E-state index in [2.05, 4.69) is 9.97 Å². The Morgan fingerprint density at radius 3 is 2.53 bits per heavy atom. The van der Waals surface area contributed by atoms with Crippen LogP contribution in [0.5, 0.6) is 0 Å². The van der Waals surface area contributed by atoms with Crippen molar-refractivity contribution in [3.8, 4) is 0 Å². The van der Waals surface area contributed by atoms with Gasteiger partial charge in [0, 0.05) is 18.0 Å². The maximum absolute atomic E-state index is 13.3. The van der Waals surface area contributed by atoms with Crippen molar-refractivity contribution in [2.24, 2.45) is 0 Å². The number of nitrogens with zero attached hydrogens (tertiary/aromatic N) is 2. The summed E-state index contributed by atoms with van der Waals surface area (Å²) >= 11 is 0.929. The lowest BCUT2D eigenvalue weighted by atomic mass is 10.3. The van der Waals surface area contributed by atoms with Crippen LogP contribution in [0, 0.1) is 11.6 Å². The normalized spacial score (nSPS) is 10.5. The Bertz CT molecular complexity index is 519. The highest BCUT2D eigenvalue weighted by Crippen LogP contribution is 2.27. The lowest BCUT2D eigenvalue weighted by molar-refractivity contribution is 0.280. The highest BCUT2D eigenvalue weighted by Gasteiger charge is 2.07.